The molecule has 0 aromatic heterocycles. The van der Waals surface area contributed by atoms with Crippen LogP contribution in [0.1, 0.15) is 30.1 Å². The number of carbonyl (C=O) groups excluding carboxylic acids is 3. The Morgan fingerprint density at radius 3 is 2.43 bits per heavy atom. The van der Waals surface area contributed by atoms with Crippen molar-refractivity contribution in [3.05, 3.63) is 54.1 Å². The summed E-state index contributed by atoms with van der Waals surface area (Å²) in [5, 5.41) is 5.64. The molecule has 1 fully saturated rings. The Morgan fingerprint density at radius 2 is 1.75 bits per heavy atom. The third-order valence-corrected chi connectivity index (χ3v) is 4.72. The molecule has 1 atom stereocenters. The van der Waals surface area contributed by atoms with Gasteiger partial charge >= 0.3 is 6.03 Å². The van der Waals surface area contributed by atoms with E-state index in [0.29, 0.717) is 35.7 Å². The van der Waals surface area contributed by atoms with Crippen molar-refractivity contribution in [1.29, 1.82) is 0 Å². The van der Waals surface area contributed by atoms with E-state index >= 15 is 0 Å². The molecule has 1 saturated heterocycles. The molecule has 1 aliphatic heterocycles. The van der Waals surface area contributed by atoms with Gasteiger partial charge in [0, 0.05) is 17.8 Å². The van der Waals surface area contributed by atoms with E-state index in [9.17, 15) is 14.4 Å². The number of carbonyl (C=O) groups is 3. The van der Waals surface area contributed by atoms with Crippen LogP contribution < -0.4 is 15.4 Å². The van der Waals surface area contributed by atoms with Crippen molar-refractivity contribution in [2.45, 2.75) is 25.8 Å². The lowest BCUT2D eigenvalue weighted by Crippen LogP contribution is -2.45. The predicted molar refractivity (Wildman–Crippen MR) is 107 cm³/mol. The largest absolute Gasteiger partial charge is 0.495 e. The van der Waals surface area contributed by atoms with Gasteiger partial charge in [0.05, 0.1) is 12.8 Å². The molecule has 0 aliphatic carbocycles. The summed E-state index contributed by atoms with van der Waals surface area (Å²) >= 11 is 0. The first-order chi connectivity index (χ1) is 13.5. The van der Waals surface area contributed by atoms with E-state index in [1.165, 1.54) is 18.9 Å². The van der Waals surface area contributed by atoms with Crippen molar-refractivity contribution >= 4 is 29.1 Å². The number of amides is 3. The maximum atomic E-state index is 12.7. The Hall–Kier alpha value is -3.35. The average molecular weight is 381 g/mol. The first kappa shape index (κ1) is 19.4. The maximum absolute atomic E-state index is 12.7. The van der Waals surface area contributed by atoms with Gasteiger partial charge in [0.15, 0.2) is 5.78 Å². The van der Waals surface area contributed by atoms with Gasteiger partial charge in [0.2, 0.25) is 5.91 Å². The fraction of sp³-hybridized carbons (Fsp3) is 0.286. The molecule has 1 aliphatic rings. The fourth-order valence-corrected chi connectivity index (χ4v) is 3.23. The minimum absolute atomic E-state index is 0.0344. The summed E-state index contributed by atoms with van der Waals surface area (Å²) in [4.78, 5) is 38.3. The van der Waals surface area contributed by atoms with Crippen LogP contribution in [-0.2, 0) is 4.79 Å². The van der Waals surface area contributed by atoms with E-state index in [-0.39, 0.29) is 17.7 Å². The SMILES string of the molecule is COc1ccccc1NC(=O)N1CCC[C@@H]1C(=O)Nc1ccc(C(C)=O)cc1. The third kappa shape index (κ3) is 4.31. The number of urea groups is 1. The number of nitrogens with zero attached hydrogens (tertiary/aromatic N) is 1. The monoisotopic (exact) mass is 381 g/mol. The molecule has 3 amide bonds. The third-order valence-electron chi connectivity index (χ3n) is 4.72. The molecule has 2 aromatic carbocycles. The number of ether oxygens (including phenoxy) is 1. The molecule has 2 aromatic rings. The normalized spacial score (nSPS) is 15.8. The smallest absolute Gasteiger partial charge is 0.322 e. The van der Waals surface area contributed by atoms with E-state index in [1.54, 1.807) is 42.5 Å². The number of hydrogen-bond acceptors (Lipinski definition) is 4. The van der Waals surface area contributed by atoms with Gasteiger partial charge < -0.3 is 20.3 Å². The van der Waals surface area contributed by atoms with E-state index in [4.69, 9.17) is 4.74 Å². The Balaban J connectivity index is 1.67. The van der Waals surface area contributed by atoms with Gasteiger partial charge in [-0.1, -0.05) is 12.1 Å². The summed E-state index contributed by atoms with van der Waals surface area (Å²) in [7, 11) is 1.54. The van der Waals surface area contributed by atoms with E-state index < -0.39 is 6.04 Å². The number of rotatable bonds is 5. The van der Waals surface area contributed by atoms with Crippen molar-refractivity contribution in [1.82, 2.24) is 4.90 Å². The van der Waals surface area contributed by atoms with Crippen LogP contribution in [0.3, 0.4) is 0 Å². The summed E-state index contributed by atoms with van der Waals surface area (Å²) in [6, 6.07) is 12.9. The second-order valence-corrected chi connectivity index (χ2v) is 6.60. The standard InChI is InChI=1S/C21H23N3O4/c1-14(25)15-9-11-16(12-10-15)22-20(26)18-7-5-13-24(18)21(27)23-17-6-3-4-8-19(17)28-2/h3-4,6,8-12,18H,5,7,13H2,1-2H3,(H,22,26)(H,23,27)/t18-/m1/s1. The molecule has 2 N–H and O–H groups in total. The zero-order valence-corrected chi connectivity index (χ0v) is 15.9. The van der Waals surface area contributed by atoms with Crippen molar-refractivity contribution in [3.63, 3.8) is 0 Å². The highest BCUT2D eigenvalue weighted by Crippen LogP contribution is 2.26. The molecular weight excluding hydrogens is 358 g/mol. The molecule has 7 nitrogen and oxygen atoms in total. The number of benzene rings is 2. The summed E-state index contributed by atoms with van der Waals surface area (Å²) < 4.78 is 5.25. The highest BCUT2D eigenvalue weighted by molar-refractivity contribution is 6.00. The highest BCUT2D eigenvalue weighted by atomic mass is 16.5. The molecule has 7 heteroatoms. The number of hydrogen-bond donors (Lipinski definition) is 2. The van der Waals surface area contributed by atoms with Crippen LogP contribution in [0, 0.1) is 0 Å². The van der Waals surface area contributed by atoms with Gasteiger partial charge in [-0.3, -0.25) is 9.59 Å². The molecular formula is C21H23N3O4. The topological polar surface area (TPSA) is 87.7 Å². The van der Waals surface area contributed by atoms with Gasteiger partial charge in [-0.05, 0) is 56.2 Å². The van der Waals surface area contributed by atoms with Crippen molar-refractivity contribution < 1.29 is 19.1 Å². The number of ketones is 1. The van der Waals surface area contributed by atoms with Crippen LogP contribution in [0.15, 0.2) is 48.5 Å². The molecule has 0 unspecified atom stereocenters. The molecule has 1 heterocycles. The number of methoxy groups -OCH3 is 1. The van der Waals surface area contributed by atoms with E-state index in [1.807, 2.05) is 6.07 Å². The molecule has 0 spiro atoms. The van der Waals surface area contributed by atoms with Crippen molar-refractivity contribution in [2.24, 2.45) is 0 Å². The second kappa shape index (κ2) is 8.56. The Bertz CT molecular complexity index is 879. The fourth-order valence-electron chi connectivity index (χ4n) is 3.23. The lowest BCUT2D eigenvalue weighted by molar-refractivity contribution is -0.119. The number of anilines is 2. The van der Waals surface area contributed by atoms with Gasteiger partial charge in [-0.2, -0.15) is 0 Å². The zero-order valence-electron chi connectivity index (χ0n) is 15.9. The first-order valence-electron chi connectivity index (χ1n) is 9.12. The van der Waals surface area contributed by atoms with Crippen LogP contribution in [0.4, 0.5) is 16.2 Å². The van der Waals surface area contributed by atoms with Crippen molar-refractivity contribution in [2.75, 3.05) is 24.3 Å². The molecule has 0 saturated carbocycles. The number of para-hydroxylation sites is 2. The van der Waals surface area contributed by atoms with Crippen LogP contribution in [-0.4, -0.2) is 42.3 Å². The highest BCUT2D eigenvalue weighted by Gasteiger charge is 2.34. The van der Waals surface area contributed by atoms with Crippen LogP contribution in [0.5, 0.6) is 5.75 Å². The Kier molecular flexibility index (Phi) is 5.93. The average Bonchev–Trinajstić information content (AvgIpc) is 3.19. The molecule has 3 rings (SSSR count). The second-order valence-electron chi connectivity index (χ2n) is 6.60. The first-order valence-corrected chi connectivity index (χ1v) is 9.12. The summed E-state index contributed by atoms with van der Waals surface area (Å²) in [6.07, 6.45) is 1.34. The quantitative estimate of drug-likeness (QED) is 0.776. The molecule has 0 radical (unpaired) electrons. The van der Waals surface area contributed by atoms with Crippen LogP contribution >= 0.6 is 0 Å². The zero-order chi connectivity index (χ0) is 20.1. The number of Topliss-reactive ketones (excluding diaryl/α,β-unsaturated/α-hetero) is 1. The molecule has 0 bridgehead atoms. The predicted octanol–water partition coefficient (Wildman–Crippen LogP) is 3.53. The van der Waals surface area contributed by atoms with Gasteiger partial charge in [0.25, 0.3) is 0 Å². The van der Waals surface area contributed by atoms with Crippen LogP contribution in [0.2, 0.25) is 0 Å². The summed E-state index contributed by atoms with van der Waals surface area (Å²) in [6.45, 7) is 1.99. The lowest BCUT2D eigenvalue weighted by Gasteiger charge is -2.24. The molecule has 146 valence electrons. The van der Waals surface area contributed by atoms with Crippen molar-refractivity contribution in [3.8, 4) is 5.75 Å². The van der Waals surface area contributed by atoms with E-state index in [0.717, 1.165) is 6.42 Å². The molecule has 28 heavy (non-hydrogen) atoms. The van der Waals surface area contributed by atoms with Gasteiger partial charge in [0.1, 0.15) is 11.8 Å². The van der Waals surface area contributed by atoms with Gasteiger partial charge in [-0.15, -0.1) is 0 Å². The van der Waals surface area contributed by atoms with Crippen LogP contribution in [0.25, 0.3) is 0 Å². The minimum atomic E-state index is -0.554. The number of likely N-dealkylation sites (tertiary alicyclic amines) is 1. The van der Waals surface area contributed by atoms with Gasteiger partial charge in [-0.25, -0.2) is 4.79 Å². The Labute approximate surface area is 163 Å². The lowest BCUT2D eigenvalue weighted by atomic mass is 10.1. The summed E-state index contributed by atoms with van der Waals surface area (Å²) in [5.41, 5.74) is 1.73. The number of nitrogens with one attached hydrogen (secondary N) is 2. The summed E-state index contributed by atoms with van der Waals surface area (Å²) in [5.74, 6) is 0.276. The maximum Gasteiger partial charge on any atom is 0.322 e. The minimum Gasteiger partial charge on any atom is -0.495 e. The Morgan fingerprint density at radius 1 is 1.04 bits per heavy atom. The van der Waals surface area contributed by atoms with E-state index in [2.05, 4.69) is 10.6 Å².